The van der Waals surface area contributed by atoms with E-state index in [0.29, 0.717) is 12.1 Å². The van der Waals surface area contributed by atoms with Crippen molar-refractivity contribution in [2.75, 3.05) is 0 Å². The van der Waals surface area contributed by atoms with Gasteiger partial charge in [0.15, 0.2) is 0 Å². The zero-order valence-electron chi connectivity index (χ0n) is 7.24. The molecule has 3 nitrogen and oxygen atoms in total. The number of aromatic nitrogens is 1. The molecule has 66 valence electrons. The van der Waals surface area contributed by atoms with Crippen molar-refractivity contribution in [3.63, 3.8) is 0 Å². The van der Waals surface area contributed by atoms with E-state index in [1.165, 1.54) is 18.3 Å². The van der Waals surface area contributed by atoms with Crippen molar-refractivity contribution in [3.05, 3.63) is 29.6 Å². The largest absolute Gasteiger partial charge is 0.478 e. The Morgan fingerprint density at radius 1 is 1.69 bits per heavy atom. The van der Waals surface area contributed by atoms with Gasteiger partial charge in [-0.25, -0.2) is 4.79 Å². The predicted octanol–water partition coefficient (Wildman–Crippen LogP) is 1.35. The smallest absolute Gasteiger partial charge is 0.335 e. The molecule has 0 bridgehead atoms. The first kappa shape index (κ1) is 9.27. The van der Waals surface area contributed by atoms with Gasteiger partial charge in [-0.2, -0.15) is 0 Å². The molecule has 0 unspecified atom stereocenters. The highest BCUT2D eigenvalue weighted by atomic mass is 16.4. The fraction of sp³-hybridized carbons (Fsp3) is 0.200. The lowest BCUT2D eigenvalue weighted by molar-refractivity contribution is 0.0696. The van der Waals surface area contributed by atoms with Gasteiger partial charge >= 0.3 is 5.97 Å². The van der Waals surface area contributed by atoms with E-state index in [1.54, 1.807) is 6.92 Å². The molecule has 0 aliphatic heterocycles. The molecule has 0 atom stereocenters. The summed E-state index contributed by atoms with van der Waals surface area (Å²) >= 11 is 0. The third-order valence-corrected chi connectivity index (χ3v) is 1.51. The SMILES string of the molecule is CC#CCc1cc(C(=O)O)ccn1. The molecule has 1 aromatic heterocycles. The Morgan fingerprint density at radius 3 is 3.08 bits per heavy atom. The van der Waals surface area contributed by atoms with Crippen LogP contribution in [-0.4, -0.2) is 16.1 Å². The third kappa shape index (κ3) is 2.60. The zero-order valence-corrected chi connectivity index (χ0v) is 7.24. The van der Waals surface area contributed by atoms with Crippen LogP contribution >= 0.6 is 0 Å². The number of carboxylic acids is 1. The molecule has 0 spiro atoms. The number of nitrogens with zero attached hydrogens (tertiary/aromatic N) is 1. The van der Waals surface area contributed by atoms with Crippen LogP contribution in [-0.2, 0) is 6.42 Å². The lowest BCUT2D eigenvalue weighted by Crippen LogP contribution is -1.98. The van der Waals surface area contributed by atoms with Crippen molar-refractivity contribution >= 4 is 5.97 Å². The van der Waals surface area contributed by atoms with E-state index in [4.69, 9.17) is 5.11 Å². The first-order valence-corrected chi connectivity index (χ1v) is 3.82. The molecule has 0 saturated carbocycles. The normalized spacial score (nSPS) is 8.69. The van der Waals surface area contributed by atoms with Crippen LogP contribution in [0.15, 0.2) is 18.3 Å². The lowest BCUT2D eigenvalue weighted by atomic mass is 10.2. The van der Waals surface area contributed by atoms with Gasteiger partial charge in [0.05, 0.1) is 17.7 Å². The van der Waals surface area contributed by atoms with E-state index in [1.807, 2.05) is 0 Å². The first-order valence-electron chi connectivity index (χ1n) is 3.82. The van der Waals surface area contributed by atoms with Crippen LogP contribution in [0.1, 0.15) is 23.0 Å². The summed E-state index contributed by atoms with van der Waals surface area (Å²) in [5.74, 6) is 4.62. The summed E-state index contributed by atoms with van der Waals surface area (Å²) < 4.78 is 0. The predicted molar refractivity (Wildman–Crippen MR) is 48.4 cm³/mol. The van der Waals surface area contributed by atoms with Crippen molar-refractivity contribution in [1.82, 2.24) is 4.98 Å². The quantitative estimate of drug-likeness (QED) is 0.690. The van der Waals surface area contributed by atoms with Gasteiger partial charge in [0.2, 0.25) is 0 Å². The van der Waals surface area contributed by atoms with E-state index in [2.05, 4.69) is 16.8 Å². The minimum atomic E-state index is -0.937. The summed E-state index contributed by atoms with van der Waals surface area (Å²) in [5.41, 5.74) is 0.942. The summed E-state index contributed by atoms with van der Waals surface area (Å²) in [6.45, 7) is 1.74. The van der Waals surface area contributed by atoms with E-state index >= 15 is 0 Å². The Bertz CT molecular complexity index is 374. The highest BCUT2D eigenvalue weighted by molar-refractivity contribution is 5.87. The Kier molecular flexibility index (Phi) is 3.04. The number of aromatic carboxylic acids is 1. The van der Waals surface area contributed by atoms with E-state index in [-0.39, 0.29) is 5.56 Å². The maximum atomic E-state index is 10.6. The van der Waals surface area contributed by atoms with Crippen LogP contribution in [0.5, 0.6) is 0 Å². The molecule has 0 fully saturated rings. The lowest BCUT2D eigenvalue weighted by Gasteiger charge is -1.96. The monoisotopic (exact) mass is 175 g/mol. The van der Waals surface area contributed by atoms with Gasteiger partial charge < -0.3 is 5.11 Å². The number of rotatable bonds is 2. The molecule has 13 heavy (non-hydrogen) atoms. The van der Waals surface area contributed by atoms with Crippen LogP contribution in [0, 0.1) is 11.8 Å². The molecule has 3 heteroatoms. The minimum absolute atomic E-state index is 0.253. The molecular weight excluding hydrogens is 166 g/mol. The van der Waals surface area contributed by atoms with Crippen LogP contribution < -0.4 is 0 Å². The number of hydrogen-bond acceptors (Lipinski definition) is 2. The molecule has 1 rings (SSSR count). The molecule has 1 N–H and O–H groups in total. The van der Waals surface area contributed by atoms with Crippen LogP contribution in [0.2, 0.25) is 0 Å². The summed E-state index contributed by atoms with van der Waals surface area (Å²) in [6.07, 6.45) is 1.98. The molecular formula is C10H9NO2. The zero-order chi connectivity index (χ0) is 9.68. The molecule has 0 aromatic carbocycles. The average molecular weight is 175 g/mol. The van der Waals surface area contributed by atoms with Crippen molar-refractivity contribution in [1.29, 1.82) is 0 Å². The topological polar surface area (TPSA) is 50.2 Å². The highest BCUT2D eigenvalue weighted by Crippen LogP contribution is 2.01. The van der Waals surface area contributed by atoms with Crippen molar-refractivity contribution < 1.29 is 9.90 Å². The van der Waals surface area contributed by atoms with E-state index in [9.17, 15) is 4.79 Å². The van der Waals surface area contributed by atoms with Gasteiger partial charge in [0, 0.05) is 6.20 Å². The number of carboxylic acid groups (broad SMARTS) is 1. The van der Waals surface area contributed by atoms with Crippen LogP contribution in [0.3, 0.4) is 0 Å². The van der Waals surface area contributed by atoms with Crippen LogP contribution in [0.4, 0.5) is 0 Å². The second-order valence-corrected chi connectivity index (χ2v) is 2.44. The molecule has 1 aromatic rings. The van der Waals surface area contributed by atoms with Crippen molar-refractivity contribution in [2.45, 2.75) is 13.3 Å². The summed E-state index contributed by atoms with van der Waals surface area (Å²) in [7, 11) is 0. The summed E-state index contributed by atoms with van der Waals surface area (Å²) in [4.78, 5) is 14.6. The Labute approximate surface area is 76.4 Å². The van der Waals surface area contributed by atoms with Gasteiger partial charge in [0.25, 0.3) is 0 Å². The Balaban J connectivity index is 2.89. The fourth-order valence-corrected chi connectivity index (χ4v) is 0.887. The van der Waals surface area contributed by atoms with Gasteiger partial charge in [-0.05, 0) is 19.1 Å². The third-order valence-electron chi connectivity index (χ3n) is 1.51. The number of pyridine rings is 1. The first-order chi connectivity index (χ1) is 6.24. The highest BCUT2D eigenvalue weighted by Gasteiger charge is 2.02. The molecule has 0 aliphatic carbocycles. The molecule has 0 aliphatic rings. The number of carbonyl (C=O) groups is 1. The maximum absolute atomic E-state index is 10.6. The van der Waals surface area contributed by atoms with Crippen molar-refractivity contribution in [2.24, 2.45) is 0 Å². The molecule has 0 radical (unpaired) electrons. The van der Waals surface area contributed by atoms with Crippen LogP contribution in [0.25, 0.3) is 0 Å². The van der Waals surface area contributed by atoms with Gasteiger partial charge in [-0.3, -0.25) is 4.98 Å². The molecule has 0 saturated heterocycles. The van der Waals surface area contributed by atoms with Gasteiger partial charge in [-0.15, -0.1) is 5.92 Å². The summed E-state index contributed by atoms with van der Waals surface area (Å²) in [5, 5.41) is 8.67. The minimum Gasteiger partial charge on any atom is -0.478 e. The Hall–Kier alpha value is -1.82. The van der Waals surface area contributed by atoms with E-state index < -0.39 is 5.97 Å². The summed E-state index contributed by atoms with van der Waals surface area (Å²) in [6, 6.07) is 3.00. The van der Waals surface area contributed by atoms with E-state index in [0.717, 1.165) is 0 Å². The standard InChI is InChI=1S/C10H9NO2/c1-2-3-4-9-7-8(10(12)13)5-6-11-9/h5-7H,4H2,1H3,(H,12,13). The fourth-order valence-electron chi connectivity index (χ4n) is 0.887. The second kappa shape index (κ2) is 4.27. The van der Waals surface area contributed by atoms with Crippen molar-refractivity contribution in [3.8, 4) is 11.8 Å². The number of hydrogen-bond donors (Lipinski definition) is 1. The molecule has 1 heterocycles. The Morgan fingerprint density at radius 2 is 2.46 bits per heavy atom. The maximum Gasteiger partial charge on any atom is 0.335 e. The molecule has 0 amide bonds. The average Bonchev–Trinajstić information content (AvgIpc) is 2.15. The van der Waals surface area contributed by atoms with Gasteiger partial charge in [-0.1, -0.05) is 5.92 Å². The second-order valence-electron chi connectivity index (χ2n) is 2.44. The van der Waals surface area contributed by atoms with Gasteiger partial charge in [0.1, 0.15) is 0 Å².